The van der Waals surface area contributed by atoms with E-state index in [1.807, 2.05) is 30.3 Å². The van der Waals surface area contributed by atoms with Gasteiger partial charge < -0.3 is 29.9 Å². The Morgan fingerprint density at radius 1 is 1.12 bits per heavy atom. The molecule has 3 atom stereocenters. The summed E-state index contributed by atoms with van der Waals surface area (Å²) >= 11 is 0. The number of carbonyl (C=O) groups is 3. The number of hydrogen-bond acceptors (Lipinski definition) is 5. The molecule has 2 fully saturated rings. The van der Waals surface area contributed by atoms with Crippen molar-refractivity contribution in [1.82, 2.24) is 15.1 Å². The van der Waals surface area contributed by atoms with Crippen LogP contribution in [0.4, 0.5) is 10.5 Å². The maximum absolute atomic E-state index is 13.4. The second-order valence-corrected chi connectivity index (χ2v) is 8.19. The topological polar surface area (TPSA) is 100 Å². The fourth-order valence-corrected chi connectivity index (χ4v) is 4.53. The number of fused-ring (bicyclic) bond motifs is 2. The second kappa shape index (κ2) is 8.07. The number of amides is 4. The highest BCUT2D eigenvalue weighted by atomic mass is 16.7. The normalized spacial score (nSPS) is 24.1. The molecule has 3 aliphatic heterocycles. The first-order valence-corrected chi connectivity index (χ1v) is 10.6. The van der Waals surface area contributed by atoms with Gasteiger partial charge in [0.15, 0.2) is 11.5 Å². The van der Waals surface area contributed by atoms with Gasteiger partial charge in [0.25, 0.3) is 0 Å². The van der Waals surface area contributed by atoms with Crippen LogP contribution in [0.2, 0.25) is 0 Å². The summed E-state index contributed by atoms with van der Waals surface area (Å²) < 4.78 is 10.7. The Morgan fingerprint density at radius 3 is 2.72 bits per heavy atom. The zero-order chi connectivity index (χ0) is 22.2. The van der Waals surface area contributed by atoms with Crippen LogP contribution in [0.1, 0.15) is 12.0 Å². The molecule has 3 heterocycles. The lowest BCUT2D eigenvalue weighted by Crippen LogP contribution is -2.52. The van der Waals surface area contributed by atoms with Gasteiger partial charge in [-0.1, -0.05) is 30.3 Å². The Bertz CT molecular complexity index is 1060. The Hall–Kier alpha value is -3.75. The highest BCUT2D eigenvalue weighted by Gasteiger charge is 2.48. The molecule has 2 N–H and O–H groups in total. The van der Waals surface area contributed by atoms with Crippen LogP contribution in [0.25, 0.3) is 0 Å². The van der Waals surface area contributed by atoms with Crippen molar-refractivity contribution in [2.75, 3.05) is 25.7 Å². The zero-order valence-electron chi connectivity index (χ0n) is 17.6. The molecule has 2 aromatic carbocycles. The number of likely N-dealkylation sites (N-methyl/N-ethyl adjacent to an activating group) is 1. The molecule has 9 nitrogen and oxygen atoms in total. The van der Waals surface area contributed by atoms with E-state index in [0.29, 0.717) is 36.6 Å². The van der Waals surface area contributed by atoms with Gasteiger partial charge >= 0.3 is 6.03 Å². The minimum absolute atomic E-state index is 0.146. The van der Waals surface area contributed by atoms with Gasteiger partial charge in [0, 0.05) is 31.8 Å². The number of urea groups is 1. The molecule has 3 aliphatic rings. The van der Waals surface area contributed by atoms with Crippen molar-refractivity contribution < 1.29 is 23.9 Å². The molecule has 0 unspecified atom stereocenters. The van der Waals surface area contributed by atoms with Crippen molar-refractivity contribution in [3.05, 3.63) is 54.1 Å². The van der Waals surface area contributed by atoms with Gasteiger partial charge in [0.1, 0.15) is 12.1 Å². The van der Waals surface area contributed by atoms with Crippen molar-refractivity contribution in [2.24, 2.45) is 0 Å². The van der Waals surface area contributed by atoms with Gasteiger partial charge in [-0.2, -0.15) is 0 Å². The van der Waals surface area contributed by atoms with E-state index in [-0.39, 0.29) is 18.6 Å². The van der Waals surface area contributed by atoms with Gasteiger partial charge in [-0.05, 0) is 24.1 Å². The molecule has 0 aromatic heterocycles. The summed E-state index contributed by atoms with van der Waals surface area (Å²) in [6, 6.07) is 12.5. The van der Waals surface area contributed by atoms with Crippen molar-refractivity contribution in [3.8, 4) is 11.5 Å². The average molecular weight is 436 g/mol. The van der Waals surface area contributed by atoms with E-state index in [9.17, 15) is 14.4 Å². The highest BCUT2D eigenvalue weighted by molar-refractivity contribution is 5.98. The summed E-state index contributed by atoms with van der Waals surface area (Å²) in [4.78, 5) is 42.3. The largest absolute Gasteiger partial charge is 0.454 e. The molecule has 0 bridgehead atoms. The molecular formula is C23H24N4O5. The summed E-state index contributed by atoms with van der Waals surface area (Å²) in [5.41, 5.74) is 1.51. The number of ether oxygens (including phenoxy) is 2. The van der Waals surface area contributed by atoms with Crippen LogP contribution in [0.15, 0.2) is 48.5 Å². The third kappa shape index (κ3) is 3.59. The standard InChI is InChI=1S/C23H24N4O5/c1-26-17(11-14-5-3-2-4-6-14)21(28)25-16-9-10-27(20(16)22(26)29)23(30)24-15-7-8-18-19(12-15)32-13-31-18/h2-8,12,16-17,20H,9-11,13H2,1H3,(H,24,30)(H,25,28)/t16-,17+,20+/m1/s1. The SMILES string of the molecule is CN1C(=O)[C@@H]2[C@@H](CCN2C(=O)Nc2ccc3c(c2)OCO3)NC(=O)[C@@H]1Cc1ccccc1. The minimum Gasteiger partial charge on any atom is -0.454 e. The number of hydrogen-bond donors (Lipinski definition) is 2. The number of nitrogens with one attached hydrogen (secondary N) is 2. The molecule has 32 heavy (non-hydrogen) atoms. The van der Waals surface area contributed by atoms with Gasteiger partial charge in [-0.3, -0.25) is 9.59 Å². The number of benzene rings is 2. The third-order valence-corrected chi connectivity index (χ3v) is 6.25. The highest BCUT2D eigenvalue weighted by Crippen LogP contribution is 2.34. The fourth-order valence-electron chi connectivity index (χ4n) is 4.53. The summed E-state index contributed by atoms with van der Waals surface area (Å²) in [6.45, 7) is 0.516. The maximum atomic E-state index is 13.4. The maximum Gasteiger partial charge on any atom is 0.322 e. The lowest BCUT2D eigenvalue weighted by Gasteiger charge is -2.30. The van der Waals surface area contributed by atoms with Crippen LogP contribution < -0.4 is 20.1 Å². The first kappa shape index (κ1) is 20.2. The van der Waals surface area contributed by atoms with Gasteiger partial charge in [0.2, 0.25) is 18.6 Å². The van der Waals surface area contributed by atoms with E-state index in [0.717, 1.165) is 5.56 Å². The Morgan fingerprint density at radius 2 is 1.91 bits per heavy atom. The minimum atomic E-state index is -0.751. The molecule has 0 saturated carbocycles. The van der Waals surface area contributed by atoms with Crippen molar-refractivity contribution in [3.63, 3.8) is 0 Å². The van der Waals surface area contributed by atoms with Crippen LogP contribution in [0.3, 0.4) is 0 Å². The van der Waals surface area contributed by atoms with Crippen LogP contribution in [-0.2, 0) is 16.0 Å². The molecule has 4 amide bonds. The van der Waals surface area contributed by atoms with Crippen molar-refractivity contribution >= 4 is 23.5 Å². The van der Waals surface area contributed by atoms with Gasteiger partial charge in [-0.15, -0.1) is 0 Å². The Balaban J connectivity index is 1.33. The Labute approximate surface area is 185 Å². The molecule has 9 heteroatoms. The molecule has 166 valence electrons. The number of anilines is 1. The van der Waals surface area contributed by atoms with E-state index in [1.165, 1.54) is 9.80 Å². The van der Waals surface area contributed by atoms with Crippen LogP contribution >= 0.6 is 0 Å². The van der Waals surface area contributed by atoms with Crippen molar-refractivity contribution in [2.45, 2.75) is 31.0 Å². The summed E-state index contributed by atoms with van der Waals surface area (Å²) in [5, 5.41) is 5.83. The monoisotopic (exact) mass is 436 g/mol. The predicted molar refractivity (Wildman–Crippen MR) is 115 cm³/mol. The van der Waals surface area contributed by atoms with E-state index in [2.05, 4.69) is 10.6 Å². The number of carbonyl (C=O) groups excluding carboxylic acids is 3. The molecule has 2 aromatic rings. The number of rotatable bonds is 3. The summed E-state index contributed by atoms with van der Waals surface area (Å²) in [7, 11) is 1.63. The second-order valence-electron chi connectivity index (χ2n) is 8.19. The van der Waals surface area contributed by atoms with E-state index >= 15 is 0 Å². The number of nitrogens with zero attached hydrogens (tertiary/aromatic N) is 2. The molecule has 0 radical (unpaired) electrons. The average Bonchev–Trinajstić information content (AvgIpc) is 3.42. The molecule has 5 rings (SSSR count). The van der Waals surface area contributed by atoms with Gasteiger partial charge in [0.05, 0.1) is 6.04 Å². The van der Waals surface area contributed by atoms with Crippen LogP contribution in [0, 0.1) is 0 Å². The quantitative estimate of drug-likeness (QED) is 0.761. The van der Waals surface area contributed by atoms with Crippen LogP contribution in [0.5, 0.6) is 11.5 Å². The third-order valence-electron chi connectivity index (χ3n) is 6.25. The zero-order valence-corrected chi connectivity index (χ0v) is 17.6. The van der Waals surface area contributed by atoms with Crippen LogP contribution in [-0.4, -0.2) is 66.2 Å². The first-order chi connectivity index (χ1) is 15.5. The van der Waals surface area contributed by atoms with Crippen molar-refractivity contribution in [1.29, 1.82) is 0 Å². The molecule has 2 saturated heterocycles. The lowest BCUT2D eigenvalue weighted by molar-refractivity contribution is -0.138. The molecule has 0 aliphatic carbocycles. The smallest absolute Gasteiger partial charge is 0.322 e. The Kier molecular flexibility index (Phi) is 5.08. The van der Waals surface area contributed by atoms with E-state index < -0.39 is 24.2 Å². The summed E-state index contributed by atoms with van der Waals surface area (Å²) in [5.74, 6) is 0.739. The van der Waals surface area contributed by atoms with E-state index in [1.54, 1.807) is 25.2 Å². The first-order valence-electron chi connectivity index (χ1n) is 10.6. The van der Waals surface area contributed by atoms with E-state index in [4.69, 9.17) is 9.47 Å². The predicted octanol–water partition coefficient (Wildman–Crippen LogP) is 1.59. The molecule has 0 spiro atoms. The molecular weight excluding hydrogens is 412 g/mol. The fraction of sp³-hybridized carbons (Fsp3) is 0.348. The lowest BCUT2D eigenvalue weighted by atomic mass is 10.0. The van der Waals surface area contributed by atoms with Gasteiger partial charge in [-0.25, -0.2) is 4.79 Å². The number of likely N-dealkylation sites (tertiary alicyclic amines) is 1. The summed E-state index contributed by atoms with van der Waals surface area (Å²) in [6.07, 6.45) is 0.931.